The fourth-order valence-electron chi connectivity index (χ4n) is 12.4. The van der Waals surface area contributed by atoms with Gasteiger partial charge in [-0.2, -0.15) is 0 Å². The number of aliphatic hydroxyl groups excluding tert-OH is 12. The van der Waals surface area contributed by atoms with Crippen LogP contribution in [0, 0.1) is 0 Å². The second-order valence-corrected chi connectivity index (χ2v) is 25.9. The molecule has 4 rings (SSSR count). The van der Waals surface area contributed by atoms with Gasteiger partial charge < -0.3 is 104 Å². The maximum absolute atomic E-state index is 13.5. The molecule has 13 N–H and O–H groups in total. The van der Waals surface area contributed by atoms with Gasteiger partial charge in [-0.15, -0.1) is 0 Å². The fraction of sp³-hybridized carbons (Fsp3) is 0.926. The highest BCUT2D eigenvalue weighted by atomic mass is 16.8. The Labute approximate surface area is 538 Å². The van der Waals surface area contributed by atoms with E-state index in [2.05, 4.69) is 31.3 Å². The molecule has 528 valence electrons. The molecule has 4 fully saturated rings. The molecular weight excluding hydrogens is 1170 g/mol. The zero-order chi connectivity index (χ0) is 65.5. The van der Waals surface area contributed by atoms with Crippen molar-refractivity contribution in [3.05, 3.63) is 24.3 Å². The first-order valence-electron chi connectivity index (χ1n) is 35.4. The first-order valence-corrected chi connectivity index (χ1v) is 35.4. The highest BCUT2D eigenvalue weighted by Gasteiger charge is 2.55. The van der Waals surface area contributed by atoms with Gasteiger partial charge in [0.25, 0.3) is 0 Å². The first-order chi connectivity index (χ1) is 43.6. The molecule has 0 radical (unpaired) electrons. The zero-order valence-electron chi connectivity index (χ0n) is 55.1. The number of nitrogens with one attached hydrogen (secondary N) is 1. The maximum atomic E-state index is 13.5. The minimum absolute atomic E-state index is 0.0492. The zero-order valence-corrected chi connectivity index (χ0v) is 55.1. The lowest BCUT2D eigenvalue weighted by atomic mass is 9.95. The molecule has 90 heavy (non-hydrogen) atoms. The largest absolute Gasteiger partial charge is 0.394 e. The van der Waals surface area contributed by atoms with Crippen molar-refractivity contribution in [2.75, 3.05) is 26.4 Å². The van der Waals surface area contributed by atoms with Gasteiger partial charge in [0.2, 0.25) is 5.91 Å². The summed E-state index contributed by atoms with van der Waals surface area (Å²) in [6.07, 6.45) is 15.1. The molecule has 0 spiro atoms. The monoisotopic (exact) mass is 1290 g/mol. The van der Waals surface area contributed by atoms with Gasteiger partial charge in [-0.3, -0.25) is 4.79 Å². The van der Waals surface area contributed by atoms with Crippen LogP contribution in [0.25, 0.3) is 0 Å². The molecule has 8 unspecified atom stereocenters. The lowest BCUT2D eigenvalue weighted by molar-refractivity contribution is -0.393. The van der Waals surface area contributed by atoms with Gasteiger partial charge in [0.05, 0.1) is 50.8 Å². The number of carbonyl (C=O) groups is 1. The van der Waals surface area contributed by atoms with Gasteiger partial charge in [0.1, 0.15) is 79.4 Å². The molecule has 0 aromatic heterocycles. The molecule has 1 amide bonds. The predicted molar refractivity (Wildman–Crippen MR) is 339 cm³/mol. The average Bonchev–Trinajstić information content (AvgIpc) is 0.834. The summed E-state index contributed by atoms with van der Waals surface area (Å²) < 4.78 is 46.8. The number of amides is 1. The minimum Gasteiger partial charge on any atom is -0.394 e. The van der Waals surface area contributed by atoms with Crippen LogP contribution < -0.4 is 5.32 Å². The van der Waals surface area contributed by atoms with E-state index in [0.717, 1.165) is 44.9 Å². The van der Waals surface area contributed by atoms with Gasteiger partial charge in [-0.25, -0.2) is 0 Å². The lowest BCUT2D eigenvalue weighted by Gasteiger charge is -2.49. The molecule has 0 aromatic carbocycles. The van der Waals surface area contributed by atoms with Crippen LogP contribution in [-0.2, 0) is 42.7 Å². The Hall–Kier alpha value is -1.85. The van der Waals surface area contributed by atoms with Crippen LogP contribution in [-0.4, -0.2) is 222 Å². The number of hydrogen-bond acceptors (Lipinski definition) is 21. The standard InChI is InChI=1S/C68H125NO21/c1-4-6-8-10-12-14-16-18-19-20-21-22-23-24-25-26-27-29-31-33-35-37-39-41-54(75)69-48(49(73)40-38-36-34-32-30-28-17-15-13-11-9-7-5-2)46-83-65-60(81)59(80)62(53(45-72)87-65)88-67-61(82)63(57(78)52(44-71)85-67)89-68-64(58(79)56(77)51(43-70)86-68)90-66-55(76)50(74)42-47(3)84-66/h18-19,38,40,47-53,55-68,70-74,76-82H,4-17,20-37,39,41-46H2,1-3H3,(H,69,75)/b19-18-,40-38+/t47?,48-,49+,50?,51?,52?,53?,55-,56-,57-,58-,59+,60?,61?,62+,63-,64?,65+,66-,67-,68+/m0/s1. The Morgan fingerprint density at radius 3 is 1.37 bits per heavy atom. The van der Waals surface area contributed by atoms with Crippen LogP contribution >= 0.6 is 0 Å². The van der Waals surface area contributed by atoms with E-state index in [1.807, 2.05) is 6.08 Å². The number of rotatable bonds is 50. The van der Waals surface area contributed by atoms with Crippen LogP contribution in [0.4, 0.5) is 0 Å². The van der Waals surface area contributed by atoms with Gasteiger partial charge in [0, 0.05) is 12.8 Å². The van der Waals surface area contributed by atoms with Crippen molar-refractivity contribution >= 4 is 5.91 Å². The Kier molecular flexibility index (Phi) is 42.9. The predicted octanol–water partition coefficient (Wildman–Crippen LogP) is 6.59. The molecular formula is C68H125NO21. The van der Waals surface area contributed by atoms with Crippen molar-refractivity contribution in [3.63, 3.8) is 0 Å². The van der Waals surface area contributed by atoms with Gasteiger partial charge in [0.15, 0.2) is 25.2 Å². The van der Waals surface area contributed by atoms with Crippen molar-refractivity contribution in [3.8, 4) is 0 Å². The van der Waals surface area contributed by atoms with E-state index in [1.165, 1.54) is 161 Å². The normalized spacial score (nSPS) is 32.5. The summed E-state index contributed by atoms with van der Waals surface area (Å²) in [4.78, 5) is 13.5. The Balaban J connectivity index is 1.28. The fourth-order valence-corrected chi connectivity index (χ4v) is 12.4. The number of unbranched alkanes of at least 4 members (excludes halogenated alkanes) is 30. The van der Waals surface area contributed by atoms with Crippen molar-refractivity contribution in [1.82, 2.24) is 5.32 Å². The van der Waals surface area contributed by atoms with Gasteiger partial charge in [-0.1, -0.05) is 205 Å². The average molecular weight is 1290 g/mol. The number of ether oxygens (including phenoxy) is 8. The third kappa shape index (κ3) is 29.6. The highest BCUT2D eigenvalue weighted by molar-refractivity contribution is 5.76. The highest BCUT2D eigenvalue weighted by Crippen LogP contribution is 2.35. The number of carbonyl (C=O) groups excluding carboxylic acids is 1. The summed E-state index contributed by atoms with van der Waals surface area (Å²) in [7, 11) is 0. The lowest BCUT2D eigenvalue weighted by Crippen LogP contribution is -2.67. The van der Waals surface area contributed by atoms with E-state index in [9.17, 15) is 66.1 Å². The van der Waals surface area contributed by atoms with Gasteiger partial charge >= 0.3 is 0 Å². The maximum Gasteiger partial charge on any atom is 0.220 e. The quantitative estimate of drug-likeness (QED) is 0.0225. The topological polar surface area (TPSA) is 346 Å². The van der Waals surface area contributed by atoms with E-state index < -0.39 is 149 Å². The van der Waals surface area contributed by atoms with E-state index >= 15 is 0 Å². The van der Waals surface area contributed by atoms with Crippen LogP contribution in [0.1, 0.15) is 245 Å². The molecule has 4 saturated heterocycles. The number of allylic oxidation sites excluding steroid dienone is 3. The SMILES string of the molecule is CCCCCCCC/C=C\CCCCCCCCCCCCCCCC(=O)N[C@@H](CO[C@@H]1OC(CO)[C@@H](O[C@@H]2OC(CO)[C@H](O)[C@H](O[C@H]3OC(CO)[C@H](O)[C@H](O)C3O[C@@H]3OC(C)CC(O)[C@@H]3O)C2O)[C@H](O)C1O)[C@H](O)/C=C/CCCCCCCCCCCCC. The smallest absolute Gasteiger partial charge is 0.220 e. The van der Waals surface area contributed by atoms with Crippen LogP contribution in [0.5, 0.6) is 0 Å². The van der Waals surface area contributed by atoms with Crippen LogP contribution in [0.3, 0.4) is 0 Å². The molecule has 0 saturated carbocycles. The van der Waals surface area contributed by atoms with E-state index in [1.54, 1.807) is 13.0 Å². The summed E-state index contributed by atoms with van der Waals surface area (Å²) in [5.41, 5.74) is 0. The van der Waals surface area contributed by atoms with E-state index in [4.69, 9.17) is 37.9 Å². The molecule has 4 aliphatic heterocycles. The molecule has 0 aliphatic carbocycles. The minimum atomic E-state index is -2.05. The van der Waals surface area contributed by atoms with E-state index in [0.29, 0.717) is 6.42 Å². The third-order valence-corrected chi connectivity index (χ3v) is 18.1. The van der Waals surface area contributed by atoms with Crippen molar-refractivity contribution < 1.29 is 104 Å². The molecule has 22 nitrogen and oxygen atoms in total. The second kappa shape index (κ2) is 47.9. The second-order valence-electron chi connectivity index (χ2n) is 25.9. The third-order valence-electron chi connectivity index (χ3n) is 18.1. The molecule has 21 atom stereocenters. The summed E-state index contributed by atoms with van der Waals surface area (Å²) in [6, 6.07) is -1.00. The molecule has 0 bridgehead atoms. The van der Waals surface area contributed by atoms with Crippen LogP contribution in [0.2, 0.25) is 0 Å². The molecule has 0 aromatic rings. The summed E-state index contributed by atoms with van der Waals surface area (Å²) >= 11 is 0. The van der Waals surface area contributed by atoms with E-state index in [-0.39, 0.29) is 25.4 Å². The van der Waals surface area contributed by atoms with Crippen molar-refractivity contribution in [2.45, 2.75) is 374 Å². The van der Waals surface area contributed by atoms with Crippen LogP contribution in [0.15, 0.2) is 24.3 Å². The summed E-state index contributed by atoms with van der Waals surface area (Å²) in [5.74, 6) is -0.292. The number of hydrogen-bond donors (Lipinski definition) is 13. The van der Waals surface area contributed by atoms with Crippen molar-refractivity contribution in [1.29, 1.82) is 0 Å². The summed E-state index contributed by atoms with van der Waals surface area (Å²) in [5, 5.41) is 134. The Morgan fingerprint density at radius 2 is 0.856 bits per heavy atom. The Morgan fingerprint density at radius 1 is 0.444 bits per heavy atom. The first kappa shape index (κ1) is 80.6. The Bertz CT molecular complexity index is 1840. The molecule has 4 heterocycles. The van der Waals surface area contributed by atoms with Gasteiger partial charge in [-0.05, 0) is 51.9 Å². The number of aliphatic hydroxyl groups is 12. The molecule has 4 aliphatic rings. The van der Waals surface area contributed by atoms with Crippen molar-refractivity contribution in [2.24, 2.45) is 0 Å². The summed E-state index contributed by atoms with van der Waals surface area (Å²) in [6.45, 7) is 3.13. The molecule has 22 heteroatoms.